The number of nitrogens with zero attached hydrogens (tertiary/aromatic N) is 2. The Kier molecular flexibility index (Phi) is 6.52. The summed E-state index contributed by atoms with van der Waals surface area (Å²) in [6.07, 6.45) is 0.615. The van der Waals surface area contributed by atoms with Crippen LogP contribution in [0.25, 0.3) is 0 Å². The van der Waals surface area contributed by atoms with Crippen LogP contribution in [0.4, 0.5) is 5.69 Å². The van der Waals surface area contributed by atoms with E-state index in [1.165, 1.54) is 5.69 Å². The van der Waals surface area contributed by atoms with Gasteiger partial charge in [0.05, 0.1) is 0 Å². The molecule has 0 spiro atoms. The normalized spacial score (nSPS) is 16.1. The number of hydrogen-bond acceptors (Lipinski definition) is 3. The summed E-state index contributed by atoms with van der Waals surface area (Å²) >= 11 is 5.93. The minimum atomic E-state index is 0.162. The van der Waals surface area contributed by atoms with E-state index in [1.54, 1.807) is 0 Å². The third-order valence-electron chi connectivity index (χ3n) is 3.91. The molecule has 1 aliphatic rings. The first-order valence-electron chi connectivity index (χ1n) is 8.04. The molecule has 0 bridgehead atoms. The summed E-state index contributed by atoms with van der Waals surface area (Å²) in [7, 11) is 0. The van der Waals surface area contributed by atoms with Crippen LogP contribution in [-0.4, -0.2) is 50.1 Å². The third-order valence-corrected chi connectivity index (χ3v) is 4.16. The lowest BCUT2D eigenvalue weighted by Crippen LogP contribution is -2.48. The van der Waals surface area contributed by atoms with Crippen molar-refractivity contribution >= 4 is 23.2 Å². The van der Waals surface area contributed by atoms with Crippen molar-refractivity contribution < 1.29 is 4.79 Å². The molecule has 1 heterocycles. The molecular weight excluding hydrogens is 298 g/mol. The highest BCUT2D eigenvalue weighted by molar-refractivity contribution is 6.30. The summed E-state index contributed by atoms with van der Waals surface area (Å²) in [5, 5.41) is 3.78. The monoisotopic (exact) mass is 323 g/mol. The molecule has 1 amide bonds. The zero-order valence-corrected chi connectivity index (χ0v) is 14.3. The van der Waals surface area contributed by atoms with E-state index in [0.717, 1.165) is 44.3 Å². The Hall–Kier alpha value is -1.26. The second-order valence-corrected chi connectivity index (χ2v) is 6.69. The fourth-order valence-electron chi connectivity index (χ4n) is 2.68. The van der Waals surface area contributed by atoms with E-state index in [4.69, 9.17) is 11.6 Å². The molecule has 0 unspecified atom stereocenters. The van der Waals surface area contributed by atoms with Gasteiger partial charge in [0.25, 0.3) is 0 Å². The SMILES string of the molecule is CC(C)CC(=O)NCCN1CCN(c2ccc(Cl)cc2)CC1. The molecule has 1 aromatic rings. The van der Waals surface area contributed by atoms with E-state index < -0.39 is 0 Å². The first-order chi connectivity index (χ1) is 10.5. The first kappa shape index (κ1) is 17.1. The number of hydrogen-bond donors (Lipinski definition) is 1. The van der Waals surface area contributed by atoms with Gasteiger partial charge in [0.2, 0.25) is 5.91 Å². The molecule has 0 atom stereocenters. The number of carbonyl (C=O) groups excluding carboxylic acids is 1. The fraction of sp³-hybridized carbons (Fsp3) is 0.588. The van der Waals surface area contributed by atoms with E-state index in [-0.39, 0.29) is 5.91 Å². The highest BCUT2D eigenvalue weighted by Crippen LogP contribution is 2.19. The van der Waals surface area contributed by atoms with Crippen LogP contribution in [0.5, 0.6) is 0 Å². The smallest absolute Gasteiger partial charge is 0.220 e. The van der Waals surface area contributed by atoms with E-state index in [2.05, 4.69) is 41.1 Å². The summed E-state index contributed by atoms with van der Waals surface area (Å²) in [6.45, 7) is 9.89. The molecule has 1 N–H and O–H groups in total. The highest BCUT2D eigenvalue weighted by Gasteiger charge is 2.17. The fourth-order valence-corrected chi connectivity index (χ4v) is 2.80. The number of nitrogens with one attached hydrogen (secondary N) is 1. The zero-order chi connectivity index (χ0) is 15.9. The van der Waals surface area contributed by atoms with Crippen molar-refractivity contribution in [3.05, 3.63) is 29.3 Å². The number of rotatable bonds is 6. The lowest BCUT2D eigenvalue weighted by atomic mass is 10.1. The van der Waals surface area contributed by atoms with Crippen LogP contribution < -0.4 is 10.2 Å². The molecule has 0 radical (unpaired) electrons. The maximum absolute atomic E-state index is 11.6. The van der Waals surface area contributed by atoms with E-state index >= 15 is 0 Å². The van der Waals surface area contributed by atoms with Crippen molar-refractivity contribution in [2.24, 2.45) is 5.92 Å². The molecule has 5 heteroatoms. The molecule has 1 fully saturated rings. The van der Waals surface area contributed by atoms with Crippen molar-refractivity contribution in [1.29, 1.82) is 0 Å². The van der Waals surface area contributed by atoms with Gasteiger partial charge >= 0.3 is 0 Å². The minimum Gasteiger partial charge on any atom is -0.369 e. The average molecular weight is 324 g/mol. The number of amides is 1. The van der Waals surface area contributed by atoms with Gasteiger partial charge in [-0.25, -0.2) is 0 Å². The molecule has 0 aliphatic carbocycles. The maximum atomic E-state index is 11.6. The van der Waals surface area contributed by atoms with Crippen LogP contribution >= 0.6 is 11.6 Å². The van der Waals surface area contributed by atoms with E-state index in [0.29, 0.717) is 12.3 Å². The van der Waals surface area contributed by atoms with Gasteiger partial charge in [-0.05, 0) is 30.2 Å². The summed E-state index contributed by atoms with van der Waals surface area (Å²) in [5.41, 5.74) is 1.23. The van der Waals surface area contributed by atoms with Gasteiger partial charge in [-0.2, -0.15) is 0 Å². The minimum absolute atomic E-state index is 0.162. The Bertz CT molecular complexity index is 467. The highest BCUT2D eigenvalue weighted by atomic mass is 35.5. The van der Waals surface area contributed by atoms with Crippen molar-refractivity contribution in [2.45, 2.75) is 20.3 Å². The maximum Gasteiger partial charge on any atom is 0.220 e. The predicted octanol–water partition coefficient (Wildman–Crippen LogP) is 2.62. The standard InChI is InChI=1S/C17H26ClN3O/c1-14(2)13-17(22)19-7-8-20-9-11-21(12-10-20)16-5-3-15(18)4-6-16/h3-6,14H,7-13H2,1-2H3,(H,19,22). The second kappa shape index (κ2) is 8.39. The summed E-state index contributed by atoms with van der Waals surface area (Å²) in [6, 6.07) is 8.02. The largest absolute Gasteiger partial charge is 0.369 e. The molecule has 2 rings (SSSR count). The van der Waals surface area contributed by atoms with Crippen LogP contribution in [0.15, 0.2) is 24.3 Å². The average Bonchev–Trinajstić information content (AvgIpc) is 2.48. The number of benzene rings is 1. The number of halogens is 1. The quantitative estimate of drug-likeness (QED) is 0.874. The summed E-state index contributed by atoms with van der Waals surface area (Å²) < 4.78 is 0. The Morgan fingerprint density at radius 2 is 1.82 bits per heavy atom. The Morgan fingerprint density at radius 1 is 1.18 bits per heavy atom. The molecule has 122 valence electrons. The molecule has 0 saturated carbocycles. The van der Waals surface area contributed by atoms with Gasteiger partial charge < -0.3 is 10.2 Å². The number of carbonyl (C=O) groups is 1. The zero-order valence-electron chi connectivity index (χ0n) is 13.5. The Labute approximate surface area is 138 Å². The van der Waals surface area contributed by atoms with Crippen LogP contribution in [0, 0.1) is 5.92 Å². The van der Waals surface area contributed by atoms with Crippen LogP contribution in [-0.2, 0) is 4.79 Å². The topological polar surface area (TPSA) is 35.6 Å². The van der Waals surface area contributed by atoms with E-state index in [1.807, 2.05) is 12.1 Å². The molecular formula is C17H26ClN3O. The molecule has 1 aliphatic heterocycles. The van der Waals surface area contributed by atoms with Crippen molar-refractivity contribution in [3.63, 3.8) is 0 Å². The van der Waals surface area contributed by atoms with Gasteiger partial charge in [-0.3, -0.25) is 9.69 Å². The number of anilines is 1. The summed E-state index contributed by atoms with van der Waals surface area (Å²) in [5.74, 6) is 0.581. The van der Waals surface area contributed by atoms with Crippen LogP contribution in [0.1, 0.15) is 20.3 Å². The van der Waals surface area contributed by atoms with Gasteiger partial charge in [-0.15, -0.1) is 0 Å². The van der Waals surface area contributed by atoms with Crippen molar-refractivity contribution in [1.82, 2.24) is 10.2 Å². The molecule has 0 aromatic heterocycles. The number of piperazine rings is 1. The molecule has 1 aromatic carbocycles. The van der Waals surface area contributed by atoms with Crippen molar-refractivity contribution in [3.8, 4) is 0 Å². The molecule has 4 nitrogen and oxygen atoms in total. The Morgan fingerprint density at radius 3 is 2.41 bits per heavy atom. The summed E-state index contributed by atoms with van der Waals surface area (Å²) in [4.78, 5) is 16.4. The van der Waals surface area contributed by atoms with Crippen LogP contribution in [0.2, 0.25) is 5.02 Å². The van der Waals surface area contributed by atoms with Crippen LogP contribution in [0.3, 0.4) is 0 Å². The second-order valence-electron chi connectivity index (χ2n) is 6.25. The van der Waals surface area contributed by atoms with E-state index in [9.17, 15) is 4.79 Å². The lowest BCUT2D eigenvalue weighted by Gasteiger charge is -2.36. The lowest BCUT2D eigenvalue weighted by molar-refractivity contribution is -0.121. The third kappa shape index (κ3) is 5.50. The molecule has 1 saturated heterocycles. The van der Waals surface area contributed by atoms with Crippen molar-refractivity contribution in [2.75, 3.05) is 44.2 Å². The molecule has 22 heavy (non-hydrogen) atoms. The van der Waals surface area contributed by atoms with Gasteiger partial charge in [0.15, 0.2) is 0 Å². The van der Waals surface area contributed by atoms with Gasteiger partial charge in [-0.1, -0.05) is 25.4 Å². The Balaban J connectivity index is 1.67. The first-order valence-corrected chi connectivity index (χ1v) is 8.42. The van der Waals surface area contributed by atoms with Gasteiger partial charge in [0, 0.05) is 56.4 Å². The predicted molar refractivity (Wildman–Crippen MR) is 92.6 cm³/mol. The van der Waals surface area contributed by atoms with Gasteiger partial charge in [0.1, 0.15) is 0 Å².